The van der Waals surface area contributed by atoms with E-state index in [4.69, 9.17) is 35.5 Å². The van der Waals surface area contributed by atoms with Crippen molar-refractivity contribution in [2.75, 3.05) is 18.1 Å². The fourth-order valence-corrected chi connectivity index (χ4v) is 5.43. The number of carbonyl (C=O) groups is 1. The molecule has 0 amide bonds. The lowest BCUT2D eigenvalue weighted by Gasteiger charge is -2.25. The molecule has 2 aromatic heterocycles. The average Bonchev–Trinajstić information content (AvgIpc) is 3.44. The molecule has 0 radical (unpaired) electrons. The number of esters is 1. The molecule has 1 aliphatic heterocycles. The monoisotopic (exact) mass is 576 g/mol. The molecule has 0 bridgehead atoms. The highest BCUT2D eigenvalue weighted by molar-refractivity contribution is 7.52. The lowest BCUT2D eigenvalue weighted by Crippen LogP contribution is -2.37. The number of carbonyl (C=O) groups excluding carboxylic acids is 1. The first kappa shape index (κ1) is 29.0. The van der Waals surface area contributed by atoms with Crippen LogP contribution >= 0.6 is 7.75 Å². The Morgan fingerprint density at radius 2 is 2.02 bits per heavy atom. The molecular weight excluding hydrogens is 547 g/mol. The number of nitrogens with two attached hydrogens (primary N) is 2. The zero-order chi connectivity index (χ0) is 29.0. The Kier molecular flexibility index (Phi) is 8.73. The molecule has 1 aliphatic rings. The van der Waals surface area contributed by atoms with Crippen LogP contribution in [0.15, 0.2) is 41.8 Å². The largest absolute Gasteiger partial charge is 0.462 e. The third kappa shape index (κ3) is 6.42. The molecule has 1 fully saturated rings. The molecule has 18 heteroatoms. The molecule has 1 saturated heterocycles. The zero-order valence-electron chi connectivity index (χ0n) is 21.8. The third-order valence-corrected chi connectivity index (χ3v) is 7.34. The number of nitrogens with one attached hydrogen (secondary N) is 1. The minimum Gasteiger partial charge on any atom is -0.462 e. The maximum atomic E-state index is 13.8. The van der Waals surface area contributed by atoms with E-state index in [1.165, 1.54) is 17.8 Å². The summed E-state index contributed by atoms with van der Waals surface area (Å²) in [5.74, 6) is -0.584. The highest BCUT2D eigenvalue weighted by Gasteiger charge is 2.46. The number of aromatic nitrogens is 4. The molecule has 6 atom stereocenters. The molecule has 1 aromatic carbocycles. The van der Waals surface area contributed by atoms with Crippen molar-refractivity contribution in [1.82, 2.24) is 24.6 Å². The second kappa shape index (κ2) is 12.0. The van der Waals surface area contributed by atoms with Gasteiger partial charge in [0.05, 0.1) is 25.1 Å². The highest BCUT2D eigenvalue weighted by Crippen LogP contribution is 2.46. The quantitative estimate of drug-likeness (QED) is 0.0840. The van der Waals surface area contributed by atoms with Crippen LogP contribution in [0.5, 0.6) is 5.75 Å². The molecule has 40 heavy (non-hydrogen) atoms. The summed E-state index contributed by atoms with van der Waals surface area (Å²) in [6.07, 6.45) is -2.77. The molecule has 0 saturated carbocycles. The first-order valence-electron chi connectivity index (χ1n) is 12.1. The maximum absolute atomic E-state index is 13.8. The number of anilines is 2. The number of aliphatic hydroxyl groups excluding tert-OH is 1. The normalized spacial score (nSPS) is 22.9. The summed E-state index contributed by atoms with van der Waals surface area (Å²) in [4.78, 5) is 27.3. The molecular formula is C22H29N10O7P. The van der Waals surface area contributed by atoms with Gasteiger partial charge in [0.1, 0.15) is 35.7 Å². The van der Waals surface area contributed by atoms with Crippen LogP contribution in [-0.4, -0.2) is 67.6 Å². The summed E-state index contributed by atoms with van der Waals surface area (Å²) in [5.41, 5.74) is 21.1. The number of nitrogens with zero attached hydrogens (tertiary/aromatic N) is 7. The van der Waals surface area contributed by atoms with Crippen molar-refractivity contribution < 1.29 is 33.0 Å². The minimum absolute atomic E-state index is 0.0233. The number of imidazole rings is 1. The minimum atomic E-state index is -4.26. The van der Waals surface area contributed by atoms with Gasteiger partial charge in [-0.1, -0.05) is 23.3 Å². The Labute approximate surface area is 228 Å². The fraction of sp³-hybridized carbons (Fsp3) is 0.455. The average molecular weight is 577 g/mol. The molecule has 3 aromatic rings. The second-order valence-corrected chi connectivity index (χ2v) is 10.8. The summed E-state index contributed by atoms with van der Waals surface area (Å²) < 4.78 is 37.5. The van der Waals surface area contributed by atoms with Crippen molar-refractivity contribution in [2.45, 2.75) is 57.4 Å². The Morgan fingerprint density at radius 3 is 2.70 bits per heavy atom. The molecule has 3 heterocycles. The number of ether oxygens (including phenoxy) is 2. The first-order chi connectivity index (χ1) is 19.0. The van der Waals surface area contributed by atoms with Gasteiger partial charge in [0.25, 0.3) is 0 Å². The van der Waals surface area contributed by atoms with Gasteiger partial charge in [0.15, 0.2) is 11.5 Å². The van der Waals surface area contributed by atoms with E-state index in [-0.39, 0.29) is 28.7 Å². The highest BCUT2D eigenvalue weighted by atomic mass is 31.2. The number of para-hydroxylation sites is 1. The first-order valence-corrected chi connectivity index (χ1v) is 13.7. The van der Waals surface area contributed by atoms with E-state index in [1.807, 2.05) is 0 Å². The van der Waals surface area contributed by atoms with Gasteiger partial charge in [-0.2, -0.15) is 15.1 Å². The number of hydrogen-bond acceptors (Lipinski definition) is 13. The van der Waals surface area contributed by atoms with Gasteiger partial charge in [0, 0.05) is 4.91 Å². The topological polar surface area (TPSA) is 248 Å². The molecule has 17 nitrogen and oxygen atoms in total. The van der Waals surface area contributed by atoms with Gasteiger partial charge >= 0.3 is 13.7 Å². The van der Waals surface area contributed by atoms with E-state index in [2.05, 4.69) is 30.1 Å². The van der Waals surface area contributed by atoms with E-state index < -0.39 is 56.9 Å². The van der Waals surface area contributed by atoms with Crippen LogP contribution in [0, 0.1) is 0 Å². The number of nitrogen functional groups attached to an aromatic ring is 2. The number of aliphatic hydroxyl groups is 1. The van der Waals surface area contributed by atoms with Crippen LogP contribution < -0.4 is 21.1 Å². The standard InChI is InChI=1S/C22H29N10O7P/c1-11(2)37-21(34)12(3)30-40(35,39-13-7-5-4-6-8-13)36-9-14-17(33)15(29-31-25)20(38-14)32-10-26-16-18(23)27-22(24)28-19(16)32/h4-8,10-12,14-15,17,20,33H,9H2,1-3H3,(H,30,35)(H4,23,24,27,28)/t12-,14+,15+,17+,20+,40?/m0/s1. The predicted molar refractivity (Wildman–Crippen MR) is 141 cm³/mol. The molecule has 1 unspecified atom stereocenters. The van der Waals surface area contributed by atoms with E-state index >= 15 is 0 Å². The Balaban J connectivity index is 1.57. The summed E-state index contributed by atoms with van der Waals surface area (Å²) in [7, 11) is -4.26. The molecule has 6 N–H and O–H groups in total. The SMILES string of the molecule is CC(C)OC(=O)[C@H](C)NP(=O)(OC[C@H]1O[C@@H](n2cnc3c(N)nc(N)nc32)[C@H](N=[N+]=[N-])[C@@H]1O)Oc1ccccc1. The van der Waals surface area contributed by atoms with Gasteiger partial charge < -0.3 is 30.6 Å². The van der Waals surface area contributed by atoms with Gasteiger partial charge in [-0.15, -0.1) is 0 Å². The van der Waals surface area contributed by atoms with Crippen LogP contribution in [0.3, 0.4) is 0 Å². The smallest absolute Gasteiger partial charge is 0.459 e. The molecule has 4 rings (SSSR count). The van der Waals surface area contributed by atoms with Crippen molar-refractivity contribution in [1.29, 1.82) is 0 Å². The second-order valence-electron chi connectivity index (χ2n) is 9.08. The van der Waals surface area contributed by atoms with Crippen LogP contribution in [0.25, 0.3) is 21.6 Å². The zero-order valence-corrected chi connectivity index (χ0v) is 22.7. The lowest BCUT2D eigenvalue weighted by molar-refractivity contribution is -0.149. The van der Waals surface area contributed by atoms with Gasteiger partial charge in [-0.3, -0.25) is 13.9 Å². The summed E-state index contributed by atoms with van der Waals surface area (Å²) in [6, 6.07) is 5.90. The third-order valence-electron chi connectivity index (χ3n) is 5.70. The van der Waals surface area contributed by atoms with Crippen molar-refractivity contribution in [2.24, 2.45) is 5.11 Å². The Hall–Kier alpha value is -3.98. The molecule has 214 valence electrons. The van der Waals surface area contributed by atoms with E-state index in [1.54, 1.807) is 44.2 Å². The van der Waals surface area contributed by atoms with Crippen LogP contribution in [0.4, 0.5) is 11.8 Å². The van der Waals surface area contributed by atoms with Crippen LogP contribution in [-0.2, 0) is 23.4 Å². The summed E-state index contributed by atoms with van der Waals surface area (Å²) in [6.45, 7) is 4.29. The van der Waals surface area contributed by atoms with Crippen molar-refractivity contribution >= 4 is 36.6 Å². The number of fused-ring (bicyclic) bond motifs is 1. The van der Waals surface area contributed by atoms with Crippen LogP contribution in [0.1, 0.15) is 27.0 Å². The van der Waals surface area contributed by atoms with E-state index in [0.717, 1.165) is 0 Å². The van der Waals surface area contributed by atoms with Crippen LogP contribution in [0.2, 0.25) is 0 Å². The van der Waals surface area contributed by atoms with Crippen molar-refractivity contribution in [3.63, 3.8) is 0 Å². The Morgan fingerprint density at radius 1 is 1.30 bits per heavy atom. The molecule has 0 aliphatic carbocycles. The fourth-order valence-electron chi connectivity index (χ4n) is 3.93. The van der Waals surface area contributed by atoms with E-state index in [0.29, 0.717) is 0 Å². The van der Waals surface area contributed by atoms with Gasteiger partial charge in [0.2, 0.25) is 5.95 Å². The summed E-state index contributed by atoms with van der Waals surface area (Å²) >= 11 is 0. The van der Waals surface area contributed by atoms with Gasteiger partial charge in [-0.25, -0.2) is 9.55 Å². The predicted octanol–water partition coefficient (Wildman–Crippen LogP) is 2.06. The molecule has 0 spiro atoms. The van der Waals surface area contributed by atoms with Crippen molar-refractivity contribution in [3.8, 4) is 5.75 Å². The van der Waals surface area contributed by atoms with Gasteiger partial charge in [-0.05, 0) is 38.4 Å². The maximum Gasteiger partial charge on any atom is 0.459 e. The Bertz CT molecular complexity index is 1450. The number of benzene rings is 1. The van der Waals surface area contributed by atoms with E-state index in [9.17, 15) is 14.5 Å². The lowest BCUT2D eigenvalue weighted by atomic mass is 10.1. The number of hydrogen-bond donors (Lipinski definition) is 4. The number of rotatable bonds is 11. The van der Waals surface area contributed by atoms with Crippen molar-refractivity contribution in [3.05, 3.63) is 47.1 Å². The summed E-state index contributed by atoms with van der Waals surface area (Å²) in [5, 5.41) is 17.2. The number of azide groups is 1.